The van der Waals surface area contributed by atoms with Crippen molar-refractivity contribution in [1.29, 1.82) is 0 Å². The lowest BCUT2D eigenvalue weighted by atomic mass is 10.1. The van der Waals surface area contributed by atoms with Crippen LogP contribution in [0.25, 0.3) is 28.0 Å². The van der Waals surface area contributed by atoms with Gasteiger partial charge in [-0.3, -0.25) is 9.55 Å². The number of ether oxygens (including phenoxy) is 1. The minimum atomic E-state index is 0.383. The molecule has 6 rings (SSSR count). The van der Waals surface area contributed by atoms with Crippen molar-refractivity contribution in [3.05, 3.63) is 89.4 Å². The van der Waals surface area contributed by atoms with Crippen molar-refractivity contribution >= 4 is 10.9 Å². The van der Waals surface area contributed by atoms with Gasteiger partial charge >= 0.3 is 0 Å². The van der Waals surface area contributed by atoms with E-state index in [1.807, 2.05) is 30.6 Å². The van der Waals surface area contributed by atoms with E-state index in [0.29, 0.717) is 13.2 Å². The van der Waals surface area contributed by atoms with E-state index in [0.717, 1.165) is 56.3 Å². The zero-order chi connectivity index (χ0) is 22.4. The van der Waals surface area contributed by atoms with Crippen molar-refractivity contribution < 1.29 is 4.74 Å². The van der Waals surface area contributed by atoms with Crippen LogP contribution in [-0.4, -0.2) is 36.4 Å². The average molecular weight is 432 g/mol. The maximum atomic E-state index is 5.37. The van der Waals surface area contributed by atoms with Crippen molar-refractivity contribution in [3.63, 3.8) is 0 Å². The van der Waals surface area contributed by atoms with E-state index in [1.165, 1.54) is 0 Å². The van der Waals surface area contributed by atoms with E-state index in [2.05, 4.69) is 72.3 Å². The van der Waals surface area contributed by atoms with Crippen LogP contribution in [0.1, 0.15) is 28.3 Å². The molecule has 0 fully saturated rings. The van der Waals surface area contributed by atoms with Crippen LogP contribution in [0.15, 0.2) is 61.1 Å². The number of hydrogen-bond donors (Lipinski definition) is 0. The summed E-state index contributed by atoms with van der Waals surface area (Å²) in [6.45, 7) is 3.02. The number of aromatic nitrogens is 6. The Bertz CT molecular complexity index is 1580. The van der Waals surface area contributed by atoms with Crippen LogP contribution in [0.3, 0.4) is 0 Å². The van der Waals surface area contributed by atoms with Crippen molar-refractivity contribution in [2.45, 2.75) is 20.1 Å². The lowest BCUT2D eigenvalue weighted by Gasteiger charge is -2.08. The summed E-state index contributed by atoms with van der Waals surface area (Å²) >= 11 is 0. The van der Waals surface area contributed by atoms with Crippen molar-refractivity contribution in [3.8, 4) is 28.9 Å². The first kappa shape index (κ1) is 19.4. The van der Waals surface area contributed by atoms with Crippen LogP contribution in [0.5, 0.6) is 0 Å². The first-order valence-corrected chi connectivity index (χ1v) is 10.7. The minimum absolute atomic E-state index is 0.383. The van der Waals surface area contributed by atoms with Crippen LogP contribution in [-0.2, 0) is 17.9 Å². The van der Waals surface area contributed by atoms with Gasteiger partial charge in [-0.15, -0.1) is 10.2 Å². The summed E-state index contributed by atoms with van der Waals surface area (Å²) in [5.41, 5.74) is 6.80. The van der Waals surface area contributed by atoms with Crippen LogP contribution < -0.4 is 0 Å². The fraction of sp³-hybridized carbons (Fsp3) is 0.154. The summed E-state index contributed by atoms with van der Waals surface area (Å²) in [5.74, 6) is 8.17. The van der Waals surface area contributed by atoms with E-state index in [9.17, 15) is 0 Å². The zero-order valence-corrected chi connectivity index (χ0v) is 18.3. The van der Waals surface area contributed by atoms with Gasteiger partial charge < -0.3 is 9.30 Å². The molecule has 0 saturated carbocycles. The molecule has 1 aliphatic heterocycles. The fourth-order valence-corrected chi connectivity index (χ4v) is 4.25. The number of pyridine rings is 1. The van der Waals surface area contributed by atoms with Crippen molar-refractivity contribution in [2.24, 2.45) is 0 Å². The molecule has 160 valence electrons. The van der Waals surface area contributed by atoms with E-state index < -0.39 is 0 Å². The van der Waals surface area contributed by atoms with Gasteiger partial charge in [-0.25, -0.2) is 4.98 Å². The predicted octanol–water partition coefficient (Wildman–Crippen LogP) is 3.90. The maximum Gasteiger partial charge on any atom is 0.166 e. The first-order valence-electron chi connectivity index (χ1n) is 10.7. The smallest absolute Gasteiger partial charge is 0.166 e. The summed E-state index contributed by atoms with van der Waals surface area (Å²) in [5, 5.41) is 9.94. The topological polar surface area (TPSA) is 70.7 Å². The molecule has 0 saturated heterocycles. The molecule has 7 nitrogen and oxygen atoms in total. The molecule has 4 heterocycles. The molecule has 0 amide bonds. The number of benzene rings is 2. The third-order valence-corrected chi connectivity index (χ3v) is 5.86. The van der Waals surface area contributed by atoms with Crippen LogP contribution in [0, 0.1) is 18.8 Å². The number of aryl methyl sites for hydroxylation is 1. The molecule has 0 spiro atoms. The van der Waals surface area contributed by atoms with Gasteiger partial charge in [0, 0.05) is 29.8 Å². The molecule has 3 aromatic heterocycles. The Morgan fingerprint density at radius 1 is 1.03 bits per heavy atom. The second-order valence-electron chi connectivity index (χ2n) is 8.05. The number of fused-ring (bicyclic) bond motifs is 6. The number of rotatable bonds is 2. The molecule has 0 unspecified atom stereocenters. The zero-order valence-electron chi connectivity index (χ0n) is 18.3. The average Bonchev–Trinajstić information content (AvgIpc) is 3.39. The molecule has 0 atom stereocenters. The van der Waals surface area contributed by atoms with Gasteiger partial charge in [-0.05, 0) is 49.2 Å². The molecular formula is C26H20N6O. The maximum absolute atomic E-state index is 5.37. The third kappa shape index (κ3) is 3.28. The lowest BCUT2D eigenvalue weighted by molar-refractivity contribution is 0.174. The summed E-state index contributed by atoms with van der Waals surface area (Å²) in [6, 6.07) is 16.3. The second-order valence-corrected chi connectivity index (χ2v) is 8.05. The van der Waals surface area contributed by atoms with Gasteiger partial charge in [0.2, 0.25) is 0 Å². The van der Waals surface area contributed by atoms with Crippen LogP contribution in [0.4, 0.5) is 0 Å². The number of imidazole rings is 1. The fourth-order valence-electron chi connectivity index (χ4n) is 4.25. The minimum Gasteiger partial charge on any atom is -0.377 e. The van der Waals surface area contributed by atoms with Gasteiger partial charge in [-0.1, -0.05) is 23.6 Å². The monoisotopic (exact) mass is 432 g/mol. The van der Waals surface area contributed by atoms with Crippen molar-refractivity contribution in [1.82, 2.24) is 29.3 Å². The lowest BCUT2D eigenvalue weighted by Crippen LogP contribution is -2.09. The third-order valence-electron chi connectivity index (χ3n) is 5.86. The predicted molar refractivity (Wildman–Crippen MR) is 125 cm³/mol. The standard InChI is InChI=1S/C26H20N6O/c1-17-5-10-23-20(12-17)26-30-29-25(15-33-2)31(26)14-24-22(28-16-32(23)24)9-7-18-6-8-21-19(13-18)4-3-11-27-21/h3-6,8,10-13,16H,14-15H2,1-2H3. The summed E-state index contributed by atoms with van der Waals surface area (Å²) in [7, 11) is 1.66. The summed E-state index contributed by atoms with van der Waals surface area (Å²) < 4.78 is 9.56. The number of nitrogens with zero attached hydrogens (tertiary/aromatic N) is 6. The Balaban J connectivity index is 1.49. The summed E-state index contributed by atoms with van der Waals surface area (Å²) in [6.07, 6.45) is 3.64. The van der Waals surface area contributed by atoms with Crippen LogP contribution in [0.2, 0.25) is 0 Å². The quantitative estimate of drug-likeness (QED) is 0.388. The van der Waals surface area contributed by atoms with Crippen molar-refractivity contribution in [2.75, 3.05) is 7.11 Å². The molecular weight excluding hydrogens is 412 g/mol. The van der Waals surface area contributed by atoms with E-state index >= 15 is 0 Å². The van der Waals surface area contributed by atoms with Gasteiger partial charge in [0.15, 0.2) is 11.6 Å². The Morgan fingerprint density at radius 2 is 1.97 bits per heavy atom. The highest BCUT2D eigenvalue weighted by Crippen LogP contribution is 2.33. The van der Waals surface area contributed by atoms with Gasteiger partial charge in [0.25, 0.3) is 0 Å². The molecule has 2 aromatic carbocycles. The molecule has 33 heavy (non-hydrogen) atoms. The number of methoxy groups -OCH3 is 1. The highest BCUT2D eigenvalue weighted by Gasteiger charge is 2.25. The van der Waals surface area contributed by atoms with Gasteiger partial charge in [-0.2, -0.15) is 0 Å². The largest absolute Gasteiger partial charge is 0.377 e. The van der Waals surface area contributed by atoms with Gasteiger partial charge in [0.05, 0.1) is 23.4 Å². The van der Waals surface area contributed by atoms with Crippen LogP contribution >= 0.6 is 0 Å². The molecule has 0 N–H and O–H groups in total. The molecule has 1 aliphatic rings. The summed E-state index contributed by atoms with van der Waals surface area (Å²) in [4.78, 5) is 9.04. The van der Waals surface area contributed by atoms with E-state index in [-0.39, 0.29) is 0 Å². The Hall–Kier alpha value is -4.28. The first-order chi connectivity index (χ1) is 16.2. The molecule has 0 aliphatic carbocycles. The van der Waals surface area contributed by atoms with Gasteiger partial charge in [0.1, 0.15) is 18.6 Å². The number of hydrogen-bond acceptors (Lipinski definition) is 5. The normalized spacial score (nSPS) is 11.8. The molecule has 7 heteroatoms. The SMILES string of the molecule is COCc1nnc2n1Cc1c(C#Cc3ccc4ncccc4c3)ncn1-c1ccc(C)cc1-2. The molecule has 0 radical (unpaired) electrons. The second kappa shape index (κ2) is 7.69. The highest BCUT2D eigenvalue weighted by atomic mass is 16.5. The Labute approximate surface area is 190 Å². The van der Waals surface area contributed by atoms with E-state index in [4.69, 9.17) is 4.74 Å². The molecule has 0 bridgehead atoms. The highest BCUT2D eigenvalue weighted by molar-refractivity contribution is 5.80. The Kier molecular flexibility index (Phi) is 4.52. The molecule has 5 aromatic rings. The Morgan fingerprint density at radius 3 is 2.88 bits per heavy atom. The van der Waals surface area contributed by atoms with E-state index in [1.54, 1.807) is 13.3 Å².